The normalized spacial score (nSPS) is 20.7. The Bertz CT molecular complexity index is 972. The van der Waals surface area contributed by atoms with Crippen molar-refractivity contribution in [1.29, 1.82) is 0 Å². The summed E-state index contributed by atoms with van der Waals surface area (Å²) in [7, 11) is 0. The van der Waals surface area contributed by atoms with Gasteiger partial charge in [0.25, 0.3) is 5.91 Å². The lowest BCUT2D eigenvalue weighted by Gasteiger charge is -2.31. The Morgan fingerprint density at radius 3 is 2.68 bits per heavy atom. The van der Waals surface area contributed by atoms with Crippen molar-refractivity contribution < 1.29 is 18.5 Å². The van der Waals surface area contributed by atoms with E-state index in [1.54, 1.807) is 0 Å². The van der Waals surface area contributed by atoms with E-state index in [1.165, 1.54) is 6.07 Å². The highest BCUT2D eigenvalue weighted by molar-refractivity contribution is 7.85. The Morgan fingerprint density at radius 2 is 2.10 bits per heavy atom. The molecule has 2 heterocycles. The first-order valence-electron chi connectivity index (χ1n) is 10.3. The molecule has 10 heteroatoms. The molecule has 0 spiro atoms. The van der Waals surface area contributed by atoms with Gasteiger partial charge < -0.3 is 10.8 Å². The van der Waals surface area contributed by atoms with Crippen LogP contribution in [0.15, 0.2) is 22.3 Å². The maximum atomic E-state index is 15.4. The maximum Gasteiger partial charge on any atom is 0.253 e. The number of aliphatic imine (C=N–C) groups is 1. The van der Waals surface area contributed by atoms with Gasteiger partial charge in [0.15, 0.2) is 5.82 Å². The van der Waals surface area contributed by atoms with Crippen molar-refractivity contribution in [2.45, 2.75) is 53.1 Å². The van der Waals surface area contributed by atoms with Crippen molar-refractivity contribution in [2.24, 2.45) is 10.7 Å². The molecule has 1 amide bonds. The molecule has 0 saturated carbocycles. The molecule has 170 valence electrons. The SMILES string of the molecule is CC(=NC(C)C)/C(CCN1CCc2cc(O)c(N3CC(=O)NS3=O)c(F)c2C1)=C(/C)N. The van der Waals surface area contributed by atoms with Crippen LogP contribution < -0.4 is 14.8 Å². The number of aromatic hydroxyl groups is 1. The van der Waals surface area contributed by atoms with Gasteiger partial charge in [0, 0.05) is 42.6 Å². The highest BCUT2D eigenvalue weighted by Crippen LogP contribution is 2.38. The van der Waals surface area contributed by atoms with Gasteiger partial charge in [0.2, 0.25) is 11.2 Å². The maximum absolute atomic E-state index is 15.4. The Morgan fingerprint density at radius 1 is 1.39 bits per heavy atom. The minimum absolute atomic E-state index is 0.175. The predicted molar refractivity (Wildman–Crippen MR) is 120 cm³/mol. The van der Waals surface area contributed by atoms with Crippen LogP contribution in [0, 0.1) is 5.82 Å². The first kappa shape index (κ1) is 23.2. The predicted octanol–water partition coefficient (Wildman–Crippen LogP) is 1.90. The molecule has 0 aliphatic carbocycles. The van der Waals surface area contributed by atoms with Gasteiger partial charge in [-0.3, -0.25) is 23.7 Å². The molecule has 1 aromatic rings. The van der Waals surface area contributed by atoms with Gasteiger partial charge in [0.05, 0.1) is 0 Å². The topological polar surface area (TPSA) is 111 Å². The second kappa shape index (κ2) is 9.35. The molecule has 0 bridgehead atoms. The number of benzene rings is 1. The molecule has 2 aliphatic rings. The Hall–Kier alpha value is -2.46. The lowest BCUT2D eigenvalue weighted by molar-refractivity contribution is -0.117. The van der Waals surface area contributed by atoms with Crippen LogP contribution in [-0.4, -0.2) is 51.5 Å². The summed E-state index contributed by atoms with van der Waals surface area (Å²) in [5.41, 5.74) is 9.71. The summed E-state index contributed by atoms with van der Waals surface area (Å²) in [6.07, 6.45) is 1.28. The molecule has 1 unspecified atom stereocenters. The summed E-state index contributed by atoms with van der Waals surface area (Å²) in [6, 6.07) is 1.69. The van der Waals surface area contributed by atoms with Gasteiger partial charge in [-0.2, -0.15) is 0 Å². The number of hydrogen-bond donors (Lipinski definition) is 3. The fraction of sp³-hybridized carbons (Fsp3) is 0.524. The minimum atomic E-state index is -1.91. The molecule has 1 aromatic carbocycles. The average Bonchev–Trinajstić information content (AvgIpc) is 2.99. The van der Waals surface area contributed by atoms with E-state index in [0.717, 1.165) is 33.4 Å². The average molecular weight is 452 g/mol. The lowest BCUT2D eigenvalue weighted by atomic mass is 9.96. The molecular weight excluding hydrogens is 421 g/mol. The molecule has 1 saturated heterocycles. The monoisotopic (exact) mass is 451 g/mol. The zero-order chi connectivity index (χ0) is 22.9. The van der Waals surface area contributed by atoms with E-state index in [1.807, 2.05) is 27.7 Å². The van der Waals surface area contributed by atoms with Crippen LogP contribution in [0.3, 0.4) is 0 Å². The highest BCUT2D eigenvalue weighted by Gasteiger charge is 2.34. The van der Waals surface area contributed by atoms with Crippen LogP contribution in [0.1, 0.15) is 45.2 Å². The molecule has 1 fully saturated rings. The van der Waals surface area contributed by atoms with Gasteiger partial charge in [-0.1, -0.05) is 0 Å². The number of rotatable bonds is 6. The number of phenolic OH excluding ortho intramolecular Hbond substituents is 1. The highest BCUT2D eigenvalue weighted by atomic mass is 32.2. The fourth-order valence-corrected chi connectivity index (χ4v) is 5.00. The number of allylic oxidation sites excluding steroid dienone is 1. The first-order valence-corrected chi connectivity index (χ1v) is 11.4. The number of phenols is 1. The quantitative estimate of drug-likeness (QED) is 0.572. The number of carbonyl (C=O) groups is 1. The van der Waals surface area contributed by atoms with Crippen LogP contribution in [0.25, 0.3) is 0 Å². The van der Waals surface area contributed by atoms with Gasteiger partial charge in [-0.15, -0.1) is 0 Å². The van der Waals surface area contributed by atoms with E-state index in [-0.39, 0.29) is 24.0 Å². The molecule has 4 N–H and O–H groups in total. The first-order chi connectivity index (χ1) is 14.6. The molecule has 0 aromatic heterocycles. The van der Waals surface area contributed by atoms with Crippen LogP contribution in [0.5, 0.6) is 5.75 Å². The van der Waals surface area contributed by atoms with Crippen LogP contribution in [-0.2, 0) is 28.9 Å². The van der Waals surface area contributed by atoms with Crippen LogP contribution in [0.4, 0.5) is 10.1 Å². The van der Waals surface area contributed by atoms with Crippen molar-refractivity contribution in [1.82, 2.24) is 9.62 Å². The van der Waals surface area contributed by atoms with Crippen molar-refractivity contribution in [3.63, 3.8) is 0 Å². The van der Waals surface area contributed by atoms with Gasteiger partial charge in [0.1, 0.15) is 18.0 Å². The largest absolute Gasteiger partial charge is 0.506 e. The Labute approximate surface area is 184 Å². The summed E-state index contributed by atoms with van der Waals surface area (Å²) in [5.74, 6) is -1.42. The van der Waals surface area contributed by atoms with Crippen molar-refractivity contribution >= 4 is 28.5 Å². The third-order valence-corrected chi connectivity index (χ3v) is 6.59. The van der Waals surface area contributed by atoms with Gasteiger partial charge in [-0.25, -0.2) is 8.60 Å². The van der Waals surface area contributed by atoms with Gasteiger partial charge in [-0.05, 0) is 57.7 Å². The molecule has 2 aliphatic heterocycles. The third-order valence-electron chi connectivity index (χ3n) is 5.47. The molecule has 8 nitrogen and oxygen atoms in total. The lowest BCUT2D eigenvalue weighted by Crippen LogP contribution is -2.33. The number of hydrogen-bond acceptors (Lipinski definition) is 6. The van der Waals surface area contributed by atoms with E-state index in [9.17, 15) is 14.1 Å². The molecular formula is C21H30FN5O3S. The number of nitrogens with one attached hydrogen (secondary N) is 1. The van der Waals surface area contributed by atoms with E-state index in [2.05, 4.69) is 14.6 Å². The number of nitrogens with two attached hydrogens (primary N) is 1. The number of fused-ring (bicyclic) bond motifs is 1. The Kier molecular flexibility index (Phi) is 7.00. The minimum Gasteiger partial charge on any atom is -0.506 e. The summed E-state index contributed by atoms with van der Waals surface area (Å²) in [5, 5.41) is 10.3. The second-order valence-corrected chi connectivity index (χ2v) is 9.40. The number of amides is 1. The van der Waals surface area contributed by atoms with E-state index >= 15 is 4.39 Å². The van der Waals surface area contributed by atoms with Crippen LogP contribution in [0.2, 0.25) is 0 Å². The standard InChI is InChI=1S/C21H30FN5O3S/c1-12(2)24-14(4)16(13(3)23)6-8-26-7-5-15-9-18(28)21(20(22)17(15)10-26)27-11-19(29)25-31(27)30/h9,12,28H,5-8,10-11,23H2,1-4H3,(H,25,29)/b16-13-,24-14?. The van der Waals surface area contributed by atoms with E-state index < -0.39 is 22.9 Å². The zero-order valence-electron chi connectivity index (χ0n) is 18.4. The van der Waals surface area contributed by atoms with E-state index in [0.29, 0.717) is 31.5 Å². The fourth-order valence-electron chi connectivity index (χ4n) is 4.05. The second-order valence-electron chi connectivity index (χ2n) is 8.25. The van der Waals surface area contributed by atoms with E-state index in [4.69, 9.17) is 5.73 Å². The molecule has 0 radical (unpaired) electrons. The summed E-state index contributed by atoms with van der Waals surface area (Å²) >= 11 is -1.91. The van der Waals surface area contributed by atoms with Gasteiger partial charge >= 0.3 is 0 Å². The van der Waals surface area contributed by atoms with Crippen molar-refractivity contribution in [3.05, 3.63) is 34.3 Å². The number of halogens is 1. The smallest absolute Gasteiger partial charge is 0.253 e. The number of carbonyl (C=O) groups excluding carboxylic acids is 1. The van der Waals surface area contributed by atoms with Crippen LogP contribution >= 0.6 is 0 Å². The summed E-state index contributed by atoms with van der Waals surface area (Å²) in [6.45, 7) is 9.34. The zero-order valence-corrected chi connectivity index (χ0v) is 19.2. The number of anilines is 1. The molecule has 31 heavy (non-hydrogen) atoms. The molecule has 1 atom stereocenters. The third kappa shape index (κ3) is 5.07. The number of nitrogens with zero attached hydrogens (tertiary/aromatic N) is 3. The summed E-state index contributed by atoms with van der Waals surface area (Å²) in [4.78, 5) is 18.3. The van der Waals surface area contributed by atoms with Crippen molar-refractivity contribution in [3.8, 4) is 5.75 Å². The molecule has 3 rings (SSSR count). The summed E-state index contributed by atoms with van der Waals surface area (Å²) < 4.78 is 30.8. The van der Waals surface area contributed by atoms with Crippen molar-refractivity contribution in [2.75, 3.05) is 23.9 Å². The Balaban J connectivity index is 1.80.